The van der Waals surface area contributed by atoms with Gasteiger partial charge in [0.25, 0.3) is 0 Å². The van der Waals surface area contributed by atoms with Gasteiger partial charge in [-0.25, -0.2) is 4.98 Å². The number of hydrogen-bond donors (Lipinski definition) is 1. The van der Waals surface area contributed by atoms with E-state index in [1.54, 1.807) is 0 Å². The molecule has 1 aliphatic rings. The second-order valence-corrected chi connectivity index (χ2v) is 7.01. The molecule has 1 N–H and O–H groups in total. The number of thioether (sulfide) groups is 1. The first-order valence-corrected chi connectivity index (χ1v) is 7.23. The predicted octanol–water partition coefficient (Wildman–Crippen LogP) is 2.87. The molecule has 0 radical (unpaired) electrons. The van der Waals surface area contributed by atoms with Crippen molar-refractivity contribution >= 4 is 23.5 Å². The van der Waals surface area contributed by atoms with Crippen molar-refractivity contribution in [3.63, 3.8) is 0 Å². The average Bonchev–Trinajstić information content (AvgIpc) is 2.36. The van der Waals surface area contributed by atoms with Crippen LogP contribution in [0.4, 0.5) is 24.9 Å². The fourth-order valence-corrected chi connectivity index (χ4v) is 3.18. The van der Waals surface area contributed by atoms with Crippen molar-refractivity contribution in [2.45, 2.75) is 24.8 Å². The van der Waals surface area contributed by atoms with Gasteiger partial charge in [-0.3, -0.25) is 0 Å². The van der Waals surface area contributed by atoms with Crippen LogP contribution in [0.3, 0.4) is 0 Å². The lowest BCUT2D eigenvalue weighted by atomic mass is 10.2. The van der Waals surface area contributed by atoms with E-state index in [0.29, 0.717) is 18.9 Å². The Bertz CT molecular complexity index is 490. The van der Waals surface area contributed by atoms with Crippen LogP contribution in [-0.4, -0.2) is 40.6 Å². The van der Waals surface area contributed by atoms with Gasteiger partial charge in [-0.2, -0.15) is 29.9 Å². The topological polar surface area (TPSA) is 41.1 Å². The average molecular weight is 306 g/mol. The van der Waals surface area contributed by atoms with Crippen LogP contribution in [0.25, 0.3) is 0 Å². The summed E-state index contributed by atoms with van der Waals surface area (Å²) in [6, 6.07) is 1.02. The number of alkyl halides is 3. The van der Waals surface area contributed by atoms with E-state index in [2.05, 4.69) is 29.1 Å². The van der Waals surface area contributed by atoms with Gasteiger partial charge in [0, 0.05) is 36.7 Å². The highest BCUT2D eigenvalue weighted by Crippen LogP contribution is 2.34. The molecule has 0 unspecified atom stereocenters. The van der Waals surface area contributed by atoms with Gasteiger partial charge in [-0.1, -0.05) is 0 Å². The lowest BCUT2D eigenvalue weighted by molar-refractivity contribution is -0.141. The highest BCUT2D eigenvalue weighted by atomic mass is 32.2. The molecule has 4 nitrogen and oxygen atoms in total. The summed E-state index contributed by atoms with van der Waals surface area (Å²) in [5.74, 6) is 1.18. The molecule has 1 fully saturated rings. The molecule has 0 aliphatic carbocycles. The van der Waals surface area contributed by atoms with E-state index < -0.39 is 11.9 Å². The quantitative estimate of drug-likeness (QED) is 0.910. The standard InChI is InChI=1S/C12H17F3N4S/c1-11(2)7-19(4-5-20-11)9-6-8(12(13,14)15)17-10(16-3)18-9/h6H,4-5,7H2,1-3H3,(H,16,17,18). The molecular formula is C12H17F3N4S. The zero-order valence-electron chi connectivity index (χ0n) is 11.6. The molecule has 2 rings (SSSR count). The van der Waals surface area contributed by atoms with Crippen LogP contribution in [0.2, 0.25) is 0 Å². The number of halogens is 3. The largest absolute Gasteiger partial charge is 0.433 e. The Kier molecular flexibility index (Phi) is 4.04. The van der Waals surface area contributed by atoms with E-state index >= 15 is 0 Å². The second kappa shape index (κ2) is 5.31. The van der Waals surface area contributed by atoms with Crippen LogP contribution in [0.1, 0.15) is 19.5 Å². The Morgan fingerprint density at radius 3 is 2.60 bits per heavy atom. The van der Waals surface area contributed by atoms with Crippen LogP contribution in [-0.2, 0) is 6.18 Å². The molecular weight excluding hydrogens is 289 g/mol. The smallest absolute Gasteiger partial charge is 0.357 e. The minimum absolute atomic E-state index is 0.00139. The molecule has 0 spiro atoms. The van der Waals surface area contributed by atoms with Crippen molar-refractivity contribution in [2.75, 3.05) is 36.1 Å². The Hall–Kier alpha value is -1.18. The summed E-state index contributed by atoms with van der Waals surface area (Å²) in [5, 5.41) is 2.59. The summed E-state index contributed by atoms with van der Waals surface area (Å²) >= 11 is 1.82. The number of nitrogens with one attached hydrogen (secondary N) is 1. The Morgan fingerprint density at radius 2 is 2.05 bits per heavy atom. The third-order valence-electron chi connectivity index (χ3n) is 2.98. The van der Waals surface area contributed by atoms with Crippen molar-refractivity contribution < 1.29 is 13.2 Å². The SMILES string of the molecule is CNc1nc(N2CCSC(C)(C)C2)cc(C(F)(F)F)n1. The second-order valence-electron chi connectivity index (χ2n) is 5.21. The number of anilines is 2. The monoisotopic (exact) mass is 306 g/mol. The highest BCUT2D eigenvalue weighted by molar-refractivity contribution is 8.00. The molecule has 0 atom stereocenters. The third-order valence-corrected chi connectivity index (χ3v) is 4.27. The summed E-state index contributed by atoms with van der Waals surface area (Å²) < 4.78 is 38.6. The van der Waals surface area contributed by atoms with Crippen molar-refractivity contribution in [1.29, 1.82) is 0 Å². The maximum Gasteiger partial charge on any atom is 0.433 e. The minimum Gasteiger partial charge on any atom is -0.357 e. The van der Waals surface area contributed by atoms with Crippen molar-refractivity contribution in [3.8, 4) is 0 Å². The fraction of sp³-hybridized carbons (Fsp3) is 0.667. The van der Waals surface area contributed by atoms with E-state index in [0.717, 1.165) is 11.8 Å². The lowest BCUT2D eigenvalue weighted by Crippen LogP contribution is -2.43. The molecule has 0 aromatic carbocycles. The molecule has 20 heavy (non-hydrogen) atoms. The highest BCUT2D eigenvalue weighted by Gasteiger charge is 2.35. The molecule has 0 bridgehead atoms. The summed E-state index contributed by atoms with van der Waals surface area (Å²) in [5.41, 5.74) is -0.914. The summed E-state index contributed by atoms with van der Waals surface area (Å²) in [6.45, 7) is 5.50. The van der Waals surface area contributed by atoms with E-state index in [1.807, 2.05) is 16.7 Å². The molecule has 0 amide bonds. The van der Waals surface area contributed by atoms with E-state index in [4.69, 9.17) is 0 Å². The van der Waals surface area contributed by atoms with Gasteiger partial charge >= 0.3 is 6.18 Å². The Labute approximate surface area is 120 Å². The van der Waals surface area contributed by atoms with Gasteiger partial charge in [0.2, 0.25) is 5.95 Å². The number of nitrogens with zero attached hydrogens (tertiary/aromatic N) is 3. The van der Waals surface area contributed by atoms with Crippen LogP contribution < -0.4 is 10.2 Å². The van der Waals surface area contributed by atoms with Gasteiger partial charge in [0.1, 0.15) is 5.82 Å². The van der Waals surface area contributed by atoms with Gasteiger partial charge in [-0.15, -0.1) is 0 Å². The minimum atomic E-state index is -4.47. The molecule has 112 valence electrons. The molecule has 8 heteroatoms. The normalized spacial score (nSPS) is 19.0. The number of aromatic nitrogens is 2. The van der Waals surface area contributed by atoms with Gasteiger partial charge in [0.15, 0.2) is 5.69 Å². The van der Waals surface area contributed by atoms with Crippen LogP contribution in [0.5, 0.6) is 0 Å². The maximum absolute atomic E-state index is 12.9. The first-order chi connectivity index (χ1) is 9.21. The fourth-order valence-electron chi connectivity index (χ4n) is 2.07. The zero-order valence-corrected chi connectivity index (χ0v) is 12.4. The third kappa shape index (κ3) is 3.47. The first kappa shape index (κ1) is 15.2. The molecule has 1 aromatic heterocycles. The van der Waals surface area contributed by atoms with E-state index in [-0.39, 0.29) is 10.7 Å². The van der Waals surface area contributed by atoms with E-state index in [1.165, 1.54) is 7.05 Å². The summed E-state index contributed by atoms with van der Waals surface area (Å²) in [4.78, 5) is 9.51. The van der Waals surface area contributed by atoms with Crippen LogP contribution in [0.15, 0.2) is 6.07 Å². The molecule has 1 aromatic rings. The summed E-state index contributed by atoms with van der Waals surface area (Å²) in [7, 11) is 1.51. The van der Waals surface area contributed by atoms with E-state index in [9.17, 15) is 13.2 Å². The first-order valence-electron chi connectivity index (χ1n) is 6.24. The molecule has 2 heterocycles. The zero-order chi connectivity index (χ0) is 15.0. The number of hydrogen-bond acceptors (Lipinski definition) is 5. The Balaban J connectivity index is 2.36. The van der Waals surface area contributed by atoms with Crippen molar-refractivity contribution in [3.05, 3.63) is 11.8 Å². The van der Waals surface area contributed by atoms with Gasteiger partial charge in [-0.05, 0) is 13.8 Å². The lowest BCUT2D eigenvalue weighted by Gasteiger charge is -2.38. The molecule has 0 saturated carbocycles. The molecule has 1 saturated heterocycles. The van der Waals surface area contributed by atoms with Crippen molar-refractivity contribution in [2.24, 2.45) is 0 Å². The molecule has 1 aliphatic heterocycles. The summed E-state index contributed by atoms with van der Waals surface area (Å²) in [6.07, 6.45) is -4.47. The predicted molar refractivity (Wildman–Crippen MR) is 75.3 cm³/mol. The maximum atomic E-state index is 12.9. The van der Waals surface area contributed by atoms with Crippen LogP contribution in [0, 0.1) is 0 Å². The number of rotatable bonds is 2. The Morgan fingerprint density at radius 1 is 1.35 bits per heavy atom. The van der Waals surface area contributed by atoms with Crippen LogP contribution >= 0.6 is 11.8 Å². The van der Waals surface area contributed by atoms with Crippen molar-refractivity contribution in [1.82, 2.24) is 9.97 Å². The van der Waals surface area contributed by atoms with Gasteiger partial charge in [0.05, 0.1) is 0 Å². The van der Waals surface area contributed by atoms with Gasteiger partial charge < -0.3 is 10.2 Å².